The summed E-state index contributed by atoms with van der Waals surface area (Å²) in [7, 11) is 1.52. The maximum Gasteiger partial charge on any atom is 0.416 e. The molecule has 11 heteroatoms. The van der Waals surface area contributed by atoms with Gasteiger partial charge in [0.2, 0.25) is 5.91 Å². The van der Waals surface area contributed by atoms with Crippen molar-refractivity contribution in [2.75, 3.05) is 23.5 Å². The first kappa shape index (κ1) is 25.1. The Kier molecular flexibility index (Phi) is 7.79. The van der Waals surface area contributed by atoms with Gasteiger partial charge in [0.15, 0.2) is 11.0 Å². The number of ether oxygens (including phenoxy) is 1. The highest BCUT2D eigenvalue weighted by Crippen LogP contribution is 2.31. The average molecular weight is 514 g/mol. The molecular weight excluding hydrogens is 491 g/mol. The SMILES string of the molecule is COc1ccccc1NC(=O)CSc1nnc(CNc2cccc(C(F)(F)F)c2)n1-c1ccccc1. The van der Waals surface area contributed by atoms with Gasteiger partial charge in [0, 0.05) is 11.4 Å². The number of methoxy groups -OCH3 is 1. The molecule has 3 aromatic carbocycles. The molecule has 7 nitrogen and oxygen atoms in total. The molecule has 4 rings (SSSR count). The number of nitrogens with zero attached hydrogens (tertiary/aromatic N) is 3. The van der Waals surface area contributed by atoms with E-state index in [0.717, 1.165) is 17.8 Å². The summed E-state index contributed by atoms with van der Waals surface area (Å²) < 4.78 is 46.2. The van der Waals surface area contributed by atoms with Crippen molar-refractivity contribution < 1.29 is 22.7 Å². The van der Waals surface area contributed by atoms with E-state index in [9.17, 15) is 18.0 Å². The van der Waals surface area contributed by atoms with Crippen molar-refractivity contribution in [2.45, 2.75) is 17.9 Å². The van der Waals surface area contributed by atoms with Crippen LogP contribution in [0.5, 0.6) is 5.75 Å². The smallest absolute Gasteiger partial charge is 0.416 e. The molecule has 0 atom stereocenters. The summed E-state index contributed by atoms with van der Waals surface area (Å²) in [5.74, 6) is 0.831. The molecule has 0 saturated carbocycles. The van der Waals surface area contributed by atoms with E-state index in [0.29, 0.717) is 28.1 Å². The number of halogens is 3. The first-order valence-electron chi connectivity index (χ1n) is 10.8. The largest absolute Gasteiger partial charge is 0.495 e. The summed E-state index contributed by atoms with van der Waals surface area (Å²) in [5.41, 5.74) is 0.879. The van der Waals surface area contributed by atoms with Crippen LogP contribution in [0.15, 0.2) is 84.0 Å². The molecule has 0 aliphatic rings. The number of benzene rings is 3. The third kappa shape index (κ3) is 6.16. The Morgan fingerprint density at radius 1 is 1.00 bits per heavy atom. The Labute approximate surface area is 209 Å². The van der Waals surface area contributed by atoms with Crippen LogP contribution in [0.1, 0.15) is 11.4 Å². The minimum absolute atomic E-state index is 0.0596. The Morgan fingerprint density at radius 3 is 2.50 bits per heavy atom. The first-order valence-corrected chi connectivity index (χ1v) is 11.8. The van der Waals surface area contributed by atoms with E-state index in [2.05, 4.69) is 20.8 Å². The van der Waals surface area contributed by atoms with Crippen LogP contribution in [-0.4, -0.2) is 33.5 Å². The summed E-state index contributed by atoms with van der Waals surface area (Å²) in [6.45, 7) is 0.122. The summed E-state index contributed by atoms with van der Waals surface area (Å²) in [5, 5.41) is 14.7. The molecule has 36 heavy (non-hydrogen) atoms. The van der Waals surface area contributed by atoms with E-state index in [1.807, 2.05) is 30.3 Å². The Bertz CT molecular complexity index is 1330. The number of anilines is 2. The maximum atomic E-state index is 13.1. The number of amides is 1. The zero-order valence-corrected chi connectivity index (χ0v) is 19.9. The molecule has 1 heterocycles. The Morgan fingerprint density at radius 2 is 1.75 bits per heavy atom. The summed E-state index contributed by atoms with van der Waals surface area (Å²) in [4.78, 5) is 12.6. The van der Waals surface area contributed by atoms with Crippen LogP contribution in [0.4, 0.5) is 24.5 Å². The number of hydrogen-bond donors (Lipinski definition) is 2. The van der Waals surface area contributed by atoms with Gasteiger partial charge in [-0.1, -0.05) is 48.2 Å². The number of carbonyl (C=O) groups is 1. The van der Waals surface area contributed by atoms with E-state index in [4.69, 9.17) is 4.74 Å². The van der Waals surface area contributed by atoms with Crippen molar-refractivity contribution in [2.24, 2.45) is 0 Å². The van der Waals surface area contributed by atoms with Gasteiger partial charge in [0.1, 0.15) is 5.75 Å². The lowest BCUT2D eigenvalue weighted by Gasteiger charge is -2.13. The van der Waals surface area contributed by atoms with E-state index < -0.39 is 11.7 Å². The Hall–Kier alpha value is -3.99. The highest BCUT2D eigenvalue weighted by atomic mass is 32.2. The predicted octanol–water partition coefficient (Wildman–Crippen LogP) is 5.64. The normalized spacial score (nSPS) is 11.2. The van der Waals surface area contributed by atoms with Gasteiger partial charge in [-0.2, -0.15) is 13.2 Å². The zero-order valence-electron chi connectivity index (χ0n) is 19.1. The van der Waals surface area contributed by atoms with Crippen LogP contribution in [0.2, 0.25) is 0 Å². The van der Waals surface area contributed by atoms with Crippen molar-refractivity contribution in [3.05, 3.63) is 90.3 Å². The number of thioether (sulfide) groups is 1. The number of rotatable bonds is 9. The zero-order chi connectivity index (χ0) is 25.5. The van der Waals surface area contributed by atoms with Gasteiger partial charge in [0.05, 0.1) is 30.7 Å². The van der Waals surface area contributed by atoms with Gasteiger partial charge in [-0.3, -0.25) is 9.36 Å². The van der Waals surface area contributed by atoms with Crippen LogP contribution in [0.25, 0.3) is 5.69 Å². The van der Waals surface area contributed by atoms with Crippen molar-refractivity contribution in [3.8, 4) is 11.4 Å². The van der Waals surface area contributed by atoms with Crippen molar-refractivity contribution in [1.29, 1.82) is 0 Å². The highest BCUT2D eigenvalue weighted by Gasteiger charge is 2.30. The van der Waals surface area contributed by atoms with Crippen molar-refractivity contribution in [1.82, 2.24) is 14.8 Å². The molecule has 0 aliphatic heterocycles. The average Bonchev–Trinajstić information content (AvgIpc) is 3.29. The van der Waals surface area contributed by atoms with Crippen LogP contribution in [0, 0.1) is 0 Å². The number of hydrogen-bond acceptors (Lipinski definition) is 6. The molecular formula is C25H22F3N5O2S. The molecule has 0 saturated heterocycles. The van der Waals surface area contributed by atoms with Crippen LogP contribution >= 0.6 is 11.8 Å². The van der Waals surface area contributed by atoms with Gasteiger partial charge in [-0.15, -0.1) is 10.2 Å². The van der Waals surface area contributed by atoms with Crippen LogP contribution in [-0.2, 0) is 17.5 Å². The lowest BCUT2D eigenvalue weighted by Crippen LogP contribution is -2.15. The van der Waals surface area contributed by atoms with Gasteiger partial charge in [-0.05, 0) is 42.5 Å². The second-order valence-corrected chi connectivity index (χ2v) is 8.48. The fraction of sp³-hybridized carbons (Fsp3) is 0.160. The molecule has 186 valence electrons. The van der Waals surface area contributed by atoms with Gasteiger partial charge in [0.25, 0.3) is 0 Å². The number of aromatic nitrogens is 3. The molecule has 2 N–H and O–H groups in total. The quantitative estimate of drug-likeness (QED) is 0.282. The summed E-state index contributed by atoms with van der Waals surface area (Å²) in [6.07, 6.45) is -4.43. The van der Waals surface area contributed by atoms with Gasteiger partial charge >= 0.3 is 6.18 Å². The van der Waals surface area contributed by atoms with Gasteiger partial charge < -0.3 is 15.4 Å². The van der Waals surface area contributed by atoms with Gasteiger partial charge in [-0.25, -0.2) is 0 Å². The van der Waals surface area contributed by atoms with E-state index in [1.54, 1.807) is 34.9 Å². The van der Waals surface area contributed by atoms with Crippen LogP contribution < -0.4 is 15.4 Å². The lowest BCUT2D eigenvalue weighted by atomic mass is 10.2. The lowest BCUT2D eigenvalue weighted by molar-refractivity contribution is -0.137. The number of carbonyl (C=O) groups excluding carboxylic acids is 1. The Balaban J connectivity index is 1.50. The molecule has 0 unspecified atom stereocenters. The molecule has 0 bridgehead atoms. The molecule has 0 spiro atoms. The summed E-state index contributed by atoms with van der Waals surface area (Å²) in [6, 6.07) is 21.3. The highest BCUT2D eigenvalue weighted by molar-refractivity contribution is 7.99. The second-order valence-electron chi connectivity index (χ2n) is 7.54. The fourth-order valence-corrected chi connectivity index (χ4v) is 4.17. The third-order valence-electron chi connectivity index (χ3n) is 5.07. The monoisotopic (exact) mass is 513 g/mol. The summed E-state index contributed by atoms with van der Waals surface area (Å²) >= 11 is 1.19. The number of alkyl halides is 3. The third-order valence-corrected chi connectivity index (χ3v) is 6.00. The second kappa shape index (κ2) is 11.2. The molecule has 4 aromatic rings. The minimum Gasteiger partial charge on any atom is -0.495 e. The first-order chi connectivity index (χ1) is 17.3. The maximum absolute atomic E-state index is 13.1. The number of nitrogens with one attached hydrogen (secondary N) is 2. The molecule has 0 fully saturated rings. The molecule has 0 aliphatic carbocycles. The number of para-hydroxylation sites is 3. The van der Waals surface area contributed by atoms with E-state index in [-0.39, 0.29) is 18.2 Å². The molecule has 0 radical (unpaired) electrons. The van der Waals surface area contributed by atoms with E-state index >= 15 is 0 Å². The topological polar surface area (TPSA) is 81.1 Å². The van der Waals surface area contributed by atoms with Crippen LogP contribution in [0.3, 0.4) is 0 Å². The predicted molar refractivity (Wildman–Crippen MR) is 132 cm³/mol. The molecule has 1 amide bonds. The fourth-order valence-electron chi connectivity index (χ4n) is 3.40. The van der Waals surface area contributed by atoms with Crippen molar-refractivity contribution in [3.63, 3.8) is 0 Å². The molecule has 1 aromatic heterocycles. The minimum atomic E-state index is -4.43. The standard InChI is InChI=1S/C25H22F3N5O2S/c1-35-21-13-6-5-12-20(21)30-23(34)16-36-24-32-31-22(33(24)19-10-3-2-4-11-19)15-29-18-9-7-8-17(14-18)25(26,27)28/h2-14,29H,15-16H2,1H3,(H,30,34). The van der Waals surface area contributed by atoms with Crippen molar-refractivity contribution >= 4 is 29.0 Å². The van der Waals surface area contributed by atoms with E-state index in [1.165, 1.54) is 24.9 Å².